The van der Waals surface area contributed by atoms with Crippen molar-refractivity contribution in [3.8, 4) is 0 Å². The van der Waals surface area contributed by atoms with E-state index in [0.717, 1.165) is 45.5 Å². The molecule has 0 spiro atoms. The van der Waals surface area contributed by atoms with Crippen molar-refractivity contribution in [2.45, 2.75) is 310 Å². The number of nitrogens with zero attached hydrogens (tertiary/aromatic N) is 1. The molecule has 4 rings (SSSR count). The Hall–Kier alpha value is -0.280. The van der Waals surface area contributed by atoms with Gasteiger partial charge in [0.25, 0.3) is 0 Å². The van der Waals surface area contributed by atoms with Crippen LogP contribution in [0, 0.1) is 46.3 Å². The van der Waals surface area contributed by atoms with Crippen LogP contribution in [0.1, 0.15) is 291 Å². The number of nitrogens with two attached hydrogens (primary N) is 3. The smallest absolute Gasteiger partial charge is 0.0637 e. The molecule has 0 amide bonds. The zero-order chi connectivity index (χ0) is 51.5. The first-order valence-corrected chi connectivity index (χ1v) is 33.0. The molecule has 0 aromatic carbocycles. The minimum Gasteiger partial charge on any atom is -0.378 e. The highest BCUT2D eigenvalue weighted by molar-refractivity contribution is 5.15. The molecule has 0 aromatic rings. The zero-order valence-electron chi connectivity index (χ0n) is 49.2. The van der Waals surface area contributed by atoms with Crippen molar-refractivity contribution in [2.75, 3.05) is 59.1 Å². The van der Waals surface area contributed by atoms with Gasteiger partial charge in [0.15, 0.2) is 0 Å². The molecule has 6 N–H and O–H groups in total. The van der Waals surface area contributed by atoms with Gasteiger partial charge in [0.05, 0.1) is 18.3 Å². The largest absolute Gasteiger partial charge is 0.378 e. The van der Waals surface area contributed by atoms with Crippen LogP contribution in [0.25, 0.3) is 0 Å². The topological polar surface area (TPSA) is 109 Å². The molecule has 4 fully saturated rings. The maximum absolute atomic E-state index is 7.21. The Morgan fingerprint density at radius 2 is 0.917 bits per heavy atom. The summed E-state index contributed by atoms with van der Waals surface area (Å²) >= 11 is 0. The van der Waals surface area contributed by atoms with E-state index in [4.69, 9.17) is 31.4 Å². The lowest BCUT2D eigenvalue weighted by Gasteiger charge is -2.65. The molecule has 0 bridgehead atoms. The van der Waals surface area contributed by atoms with Crippen LogP contribution in [0.4, 0.5) is 0 Å². The predicted molar refractivity (Wildman–Crippen MR) is 312 cm³/mol. The van der Waals surface area contributed by atoms with E-state index in [1.165, 1.54) is 251 Å². The molecule has 7 heteroatoms. The highest BCUT2D eigenvalue weighted by Gasteiger charge is 2.66. The number of ether oxygens (including phenoxy) is 3. The van der Waals surface area contributed by atoms with Crippen LogP contribution < -0.4 is 17.2 Å². The number of fused-ring (bicyclic) bond motifs is 5. The van der Waals surface area contributed by atoms with Crippen LogP contribution in [0.2, 0.25) is 0 Å². The molecule has 7 nitrogen and oxygen atoms in total. The van der Waals surface area contributed by atoms with Crippen LogP contribution in [-0.2, 0) is 14.2 Å². The number of hydrogen-bond donors (Lipinski definition) is 3. The SMILES string of the molecule is CCCCCCCCCCCCCCCCN(CCCCCCCCCCCCCCCC)CCC[C@@H](C)C1CC[C@H]2C3[C@H](OCCCN)CC4C[C@H](OCCCN)CCC4(C)[C@H]3C[C@H](OCCCN)C12C. The third-order valence-electron chi connectivity index (χ3n) is 20.3. The summed E-state index contributed by atoms with van der Waals surface area (Å²) < 4.78 is 20.8. The molecule has 4 aliphatic carbocycles. The second kappa shape index (κ2) is 39.1. The molecular weight excluding hydrogens is 885 g/mol. The minimum atomic E-state index is 0.165. The quantitative estimate of drug-likeness (QED) is 0.0521. The Balaban J connectivity index is 1.32. The average Bonchev–Trinajstić information content (AvgIpc) is 3.74. The minimum absolute atomic E-state index is 0.165. The summed E-state index contributed by atoms with van der Waals surface area (Å²) in [5.74, 6) is 3.88. The van der Waals surface area contributed by atoms with Gasteiger partial charge in [-0.3, -0.25) is 0 Å². The summed E-state index contributed by atoms with van der Waals surface area (Å²) in [5.41, 5.74) is 18.6. The van der Waals surface area contributed by atoms with Crippen LogP contribution in [0.3, 0.4) is 0 Å². The van der Waals surface area contributed by atoms with Crippen LogP contribution in [0.5, 0.6) is 0 Å². The molecule has 5 unspecified atom stereocenters. The van der Waals surface area contributed by atoms with Gasteiger partial charge in [0.2, 0.25) is 0 Å². The molecule has 0 saturated heterocycles. The molecular formula is C65H128N4O3. The summed E-state index contributed by atoms with van der Waals surface area (Å²) in [6.45, 7) is 21.1. The Bertz CT molecular complexity index is 1240. The van der Waals surface area contributed by atoms with Crippen molar-refractivity contribution in [1.29, 1.82) is 0 Å². The summed E-state index contributed by atoms with van der Waals surface area (Å²) in [6.07, 6.45) is 55.3. The summed E-state index contributed by atoms with van der Waals surface area (Å²) in [4.78, 5) is 2.91. The van der Waals surface area contributed by atoms with E-state index >= 15 is 0 Å². The molecule has 4 saturated carbocycles. The third-order valence-corrected chi connectivity index (χ3v) is 20.3. The molecule has 0 heterocycles. The fourth-order valence-corrected chi connectivity index (χ4v) is 15.8. The standard InChI is InChI=1S/C65H128N4O3/c1-6-8-10-12-14-16-18-20-22-24-26-28-30-32-46-69(47-33-31-29-27-25-23-21-19-17-15-13-11-9-7-2)48-34-38-55(3)58-39-40-59-63-60(54-62(65(58,59)5)72-51-37-45-68)64(4)42-41-57(70-49-35-43-66)52-56(64)53-61(63)71-50-36-44-67/h55-63H,6-54,66-68H2,1-5H3/t55-,56?,57-,58?,59+,60+,61-,62+,63?,64?,65?/m1/s1. The Morgan fingerprint density at radius 3 is 1.40 bits per heavy atom. The zero-order valence-corrected chi connectivity index (χ0v) is 49.2. The first kappa shape index (κ1) is 64.2. The summed E-state index contributed by atoms with van der Waals surface area (Å²) in [6, 6.07) is 0. The molecule has 11 atom stereocenters. The normalized spacial score (nSPS) is 28.6. The van der Waals surface area contributed by atoms with Crippen molar-refractivity contribution in [3.63, 3.8) is 0 Å². The maximum atomic E-state index is 7.21. The van der Waals surface area contributed by atoms with Gasteiger partial charge in [-0.1, -0.05) is 202 Å². The van der Waals surface area contributed by atoms with Crippen LogP contribution in [0.15, 0.2) is 0 Å². The average molecular weight is 1010 g/mol. The van der Waals surface area contributed by atoms with Crippen molar-refractivity contribution in [2.24, 2.45) is 63.5 Å². The van der Waals surface area contributed by atoms with Crippen molar-refractivity contribution in [1.82, 2.24) is 4.90 Å². The first-order valence-electron chi connectivity index (χ1n) is 33.0. The van der Waals surface area contributed by atoms with E-state index in [9.17, 15) is 0 Å². The first-order chi connectivity index (χ1) is 35.3. The van der Waals surface area contributed by atoms with Crippen molar-refractivity contribution in [3.05, 3.63) is 0 Å². The van der Waals surface area contributed by atoms with Gasteiger partial charge in [-0.2, -0.15) is 0 Å². The Morgan fingerprint density at radius 1 is 0.472 bits per heavy atom. The molecule has 426 valence electrons. The summed E-state index contributed by atoms with van der Waals surface area (Å²) in [7, 11) is 0. The second-order valence-electron chi connectivity index (χ2n) is 25.6. The molecule has 4 aliphatic rings. The van der Waals surface area contributed by atoms with Crippen molar-refractivity contribution < 1.29 is 14.2 Å². The lowest BCUT2D eigenvalue weighted by Crippen LogP contribution is -2.63. The number of unbranched alkanes of at least 4 members (excludes halogenated alkanes) is 26. The highest BCUT2D eigenvalue weighted by Crippen LogP contribution is 2.69. The molecule has 72 heavy (non-hydrogen) atoms. The summed E-state index contributed by atoms with van der Waals surface area (Å²) in [5, 5.41) is 0. The van der Waals surface area contributed by atoms with Gasteiger partial charge >= 0.3 is 0 Å². The van der Waals surface area contributed by atoms with Gasteiger partial charge < -0.3 is 36.3 Å². The fraction of sp³-hybridized carbons (Fsp3) is 1.00. The molecule has 0 aliphatic heterocycles. The Labute approximate surface area is 449 Å². The molecule has 0 aromatic heterocycles. The second-order valence-corrected chi connectivity index (χ2v) is 25.6. The van der Waals surface area contributed by atoms with E-state index in [2.05, 4.69) is 39.5 Å². The van der Waals surface area contributed by atoms with E-state index in [0.29, 0.717) is 78.9 Å². The number of rotatable bonds is 47. The Kier molecular flexibility index (Phi) is 34.9. The van der Waals surface area contributed by atoms with Gasteiger partial charge in [-0.25, -0.2) is 0 Å². The van der Waals surface area contributed by atoms with Gasteiger partial charge in [-0.05, 0) is 170 Å². The maximum Gasteiger partial charge on any atom is 0.0637 e. The van der Waals surface area contributed by atoms with E-state index in [-0.39, 0.29) is 5.41 Å². The number of hydrogen-bond acceptors (Lipinski definition) is 7. The van der Waals surface area contributed by atoms with Gasteiger partial charge in [-0.15, -0.1) is 0 Å². The lowest BCUT2D eigenvalue weighted by molar-refractivity contribution is -0.227. The lowest BCUT2D eigenvalue weighted by atomic mass is 9.43. The van der Waals surface area contributed by atoms with Crippen LogP contribution in [-0.4, -0.2) is 82.3 Å². The van der Waals surface area contributed by atoms with E-state index < -0.39 is 0 Å². The third kappa shape index (κ3) is 22.2. The van der Waals surface area contributed by atoms with E-state index in [1.54, 1.807) is 0 Å². The highest BCUT2D eigenvalue weighted by atomic mass is 16.5. The monoisotopic (exact) mass is 1010 g/mol. The van der Waals surface area contributed by atoms with Crippen LogP contribution >= 0.6 is 0 Å². The van der Waals surface area contributed by atoms with Crippen molar-refractivity contribution >= 4 is 0 Å². The van der Waals surface area contributed by atoms with Gasteiger partial charge in [0.1, 0.15) is 0 Å². The van der Waals surface area contributed by atoms with Gasteiger partial charge in [0, 0.05) is 25.2 Å². The predicted octanol–water partition coefficient (Wildman–Crippen LogP) is 16.7. The fourth-order valence-electron chi connectivity index (χ4n) is 15.8. The molecule has 0 radical (unpaired) electrons. The van der Waals surface area contributed by atoms with E-state index in [1.807, 2.05) is 0 Å².